The largest absolute Gasteiger partial charge is 0.481 e. The molecule has 0 saturated carbocycles. The Balaban J connectivity index is 2.24. The number of hydrogen-bond acceptors (Lipinski definition) is 4. The Hall–Kier alpha value is -2.11. The van der Waals surface area contributed by atoms with Gasteiger partial charge in [0.2, 0.25) is 5.88 Å². The smallest absolute Gasteiger partial charge is 0.322 e. The molecule has 1 saturated heterocycles. The number of rotatable bonds is 2. The normalized spacial score (nSPS) is 27.4. The molecule has 0 bridgehead atoms. The van der Waals surface area contributed by atoms with Crippen molar-refractivity contribution in [3.05, 3.63) is 23.9 Å². The zero-order valence-corrected chi connectivity index (χ0v) is 8.40. The van der Waals surface area contributed by atoms with Crippen LogP contribution in [-0.4, -0.2) is 24.0 Å². The summed E-state index contributed by atoms with van der Waals surface area (Å²) in [6, 6.07) is 2.21. The highest BCUT2D eigenvalue weighted by molar-refractivity contribution is 6.07. The highest BCUT2D eigenvalue weighted by Gasteiger charge is 2.43. The lowest BCUT2D eigenvalue weighted by atomic mass is 9.94. The zero-order chi connectivity index (χ0) is 14.3. The van der Waals surface area contributed by atoms with Gasteiger partial charge in [-0.15, -0.1) is 0 Å². The first kappa shape index (κ1) is 7.21. The van der Waals surface area contributed by atoms with Gasteiger partial charge in [-0.2, -0.15) is 0 Å². The fourth-order valence-corrected chi connectivity index (χ4v) is 1.48. The van der Waals surface area contributed by atoms with Crippen LogP contribution in [0.4, 0.5) is 4.79 Å². The number of carbonyl (C=O) groups excluding carboxylic acids is 2. The Morgan fingerprint density at radius 3 is 2.81 bits per heavy atom. The van der Waals surface area contributed by atoms with Gasteiger partial charge in [0.15, 0.2) is 0 Å². The SMILES string of the molecule is [2H]C([2H])([2H])Oc1ccc(C2(C)NC(=O)NC2=O)cn1. The van der Waals surface area contributed by atoms with E-state index >= 15 is 0 Å². The molecule has 1 aliphatic rings. The molecule has 0 aromatic carbocycles. The maximum Gasteiger partial charge on any atom is 0.322 e. The molecular formula is C10H11N3O3. The number of nitrogens with one attached hydrogen (secondary N) is 2. The van der Waals surface area contributed by atoms with Crippen molar-refractivity contribution in [1.82, 2.24) is 15.6 Å². The summed E-state index contributed by atoms with van der Waals surface area (Å²) in [6.07, 6.45) is 1.28. The first-order chi connectivity index (χ1) is 8.71. The van der Waals surface area contributed by atoms with Crippen LogP contribution in [0, 0.1) is 0 Å². The summed E-state index contributed by atoms with van der Waals surface area (Å²) in [4.78, 5) is 26.6. The molecule has 1 unspecified atom stereocenters. The molecule has 0 aliphatic carbocycles. The van der Waals surface area contributed by atoms with Crippen LogP contribution in [0.2, 0.25) is 0 Å². The van der Waals surface area contributed by atoms with Crippen LogP contribution < -0.4 is 15.4 Å². The lowest BCUT2D eigenvalue weighted by Crippen LogP contribution is -2.40. The Kier molecular flexibility index (Phi) is 1.57. The van der Waals surface area contributed by atoms with Gasteiger partial charge in [-0.25, -0.2) is 9.78 Å². The molecule has 84 valence electrons. The minimum Gasteiger partial charge on any atom is -0.481 e. The van der Waals surface area contributed by atoms with Gasteiger partial charge in [0.25, 0.3) is 5.91 Å². The number of methoxy groups -OCH3 is 1. The van der Waals surface area contributed by atoms with Gasteiger partial charge in [0, 0.05) is 17.8 Å². The van der Waals surface area contributed by atoms with Crippen LogP contribution in [0.5, 0.6) is 5.88 Å². The lowest BCUT2D eigenvalue weighted by Gasteiger charge is -2.20. The van der Waals surface area contributed by atoms with E-state index in [1.165, 1.54) is 25.3 Å². The van der Waals surface area contributed by atoms with Crippen molar-refractivity contribution in [3.63, 3.8) is 0 Å². The van der Waals surface area contributed by atoms with E-state index in [-0.39, 0.29) is 5.88 Å². The standard InChI is InChI=1S/C10H11N3O3/c1-10(8(14)12-9(15)13-10)6-3-4-7(16-2)11-5-6/h3-5H,1-2H3,(H2,12,13,14,15)/i2D3. The zero-order valence-electron chi connectivity index (χ0n) is 11.4. The van der Waals surface area contributed by atoms with Crippen LogP contribution in [0.15, 0.2) is 18.3 Å². The molecule has 1 aromatic rings. The van der Waals surface area contributed by atoms with Gasteiger partial charge in [-0.3, -0.25) is 10.1 Å². The number of hydrogen-bond donors (Lipinski definition) is 2. The number of ether oxygens (including phenoxy) is 1. The van der Waals surface area contributed by atoms with E-state index in [2.05, 4.69) is 20.4 Å². The van der Waals surface area contributed by atoms with Crippen LogP contribution in [0.3, 0.4) is 0 Å². The highest BCUT2D eigenvalue weighted by Crippen LogP contribution is 2.24. The molecule has 6 heteroatoms. The summed E-state index contributed by atoms with van der Waals surface area (Å²) in [5, 5.41) is 4.59. The van der Waals surface area contributed by atoms with E-state index in [1.54, 1.807) is 0 Å². The molecular weight excluding hydrogens is 210 g/mol. The Bertz CT molecular complexity index is 529. The minimum absolute atomic E-state index is 0.0860. The second-order valence-electron chi connectivity index (χ2n) is 3.52. The second-order valence-corrected chi connectivity index (χ2v) is 3.52. The van der Waals surface area contributed by atoms with Crippen molar-refractivity contribution >= 4 is 11.9 Å². The molecule has 0 radical (unpaired) electrons. The number of imide groups is 1. The van der Waals surface area contributed by atoms with E-state index in [0.717, 1.165) is 0 Å². The van der Waals surface area contributed by atoms with Crippen molar-refractivity contribution in [2.45, 2.75) is 12.5 Å². The fourth-order valence-electron chi connectivity index (χ4n) is 1.48. The number of carbonyl (C=O) groups is 2. The summed E-state index contributed by atoms with van der Waals surface area (Å²) in [6.45, 7) is 1.52. The van der Waals surface area contributed by atoms with Gasteiger partial charge in [0.1, 0.15) is 5.54 Å². The Morgan fingerprint density at radius 1 is 1.50 bits per heavy atom. The van der Waals surface area contributed by atoms with Crippen LogP contribution in [0.1, 0.15) is 16.6 Å². The third kappa shape index (κ3) is 1.48. The first-order valence-electron chi connectivity index (χ1n) is 6.00. The third-order valence-electron chi connectivity index (χ3n) is 2.46. The predicted octanol–water partition coefficient (Wildman–Crippen LogP) is 0.145. The van der Waals surface area contributed by atoms with Gasteiger partial charge in [-0.1, -0.05) is 0 Å². The minimum atomic E-state index is -2.59. The van der Waals surface area contributed by atoms with E-state index < -0.39 is 24.5 Å². The van der Waals surface area contributed by atoms with Crippen molar-refractivity contribution in [1.29, 1.82) is 0 Å². The molecule has 1 atom stereocenters. The topological polar surface area (TPSA) is 80.3 Å². The number of pyridine rings is 1. The summed E-state index contributed by atoms with van der Waals surface area (Å²) < 4.78 is 25.4. The molecule has 3 amide bonds. The molecule has 1 aliphatic heterocycles. The van der Waals surface area contributed by atoms with Gasteiger partial charge < -0.3 is 10.1 Å². The molecule has 1 aromatic heterocycles. The molecule has 2 heterocycles. The van der Waals surface area contributed by atoms with E-state index in [0.29, 0.717) is 5.56 Å². The van der Waals surface area contributed by atoms with E-state index in [4.69, 9.17) is 4.11 Å². The maximum absolute atomic E-state index is 11.7. The molecule has 2 rings (SSSR count). The number of nitrogens with zero attached hydrogens (tertiary/aromatic N) is 1. The number of urea groups is 1. The number of amides is 3. The Labute approximate surface area is 96.2 Å². The average molecular weight is 224 g/mol. The third-order valence-corrected chi connectivity index (χ3v) is 2.46. The molecule has 0 spiro atoms. The van der Waals surface area contributed by atoms with Gasteiger partial charge >= 0.3 is 6.03 Å². The predicted molar refractivity (Wildman–Crippen MR) is 54.8 cm³/mol. The van der Waals surface area contributed by atoms with Gasteiger partial charge in [-0.05, 0) is 13.0 Å². The highest BCUT2D eigenvalue weighted by atomic mass is 16.5. The quantitative estimate of drug-likeness (QED) is 0.700. The van der Waals surface area contributed by atoms with Gasteiger partial charge in [0.05, 0.1) is 11.2 Å². The van der Waals surface area contributed by atoms with Crippen molar-refractivity contribution in [2.75, 3.05) is 7.04 Å². The van der Waals surface area contributed by atoms with Crippen molar-refractivity contribution in [3.8, 4) is 5.88 Å². The maximum atomic E-state index is 11.7. The summed E-state index contributed by atoms with van der Waals surface area (Å²) in [7, 11) is -2.59. The van der Waals surface area contributed by atoms with Crippen molar-refractivity contribution in [2.24, 2.45) is 0 Å². The lowest BCUT2D eigenvalue weighted by molar-refractivity contribution is -0.123. The number of aromatic nitrogens is 1. The Morgan fingerprint density at radius 2 is 2.31 bits per heavy atom. The van der Waals surface area contributed by atoms with Crippen LogP contribution >= 0.6 is 0 Å². The fraction of sp³-hybridized carbons (Fsp3) is 0.300. The monoisotopic (exact) mass is 224 g/mol. The second kappa shape index (κ2) is 3.48. The van der Waals surface area contributed by atoms with Crippen LogP contribution in [0.25, 0.3) is 0 Å². The first-order valence-corrected chi connectivity index (χ1v) is 4.50. The average Bonchev–Trinajstić information content (AvgIpc) is 2.52. The summed E-state index contributed by atoms with van der Waals surface area (Å²) >= 11 is 0. The van der Waals surface area contributed by atoms with Crippen molar-refractivity contribution < 1.29 is 18.4 Å². The van der Waals surface area contributed by atoms with E-state index in [9.17, 15) is 9.59 Å². The molecule has 2 N–H and O–H groups in total. The van der Waals surface area contributed by atoms with Crippen LogP contribution in [-0.2, 0) is 10.3 Å². The molecule has 16 heavy (non-hydrogen) atoms. The summed E-state index contributed by atoms with van der Waals surface area (Å²) in [5.74, 6) is -0.583. The van der Waals surface area contributed by atoms with E-state index in [1.807, 2.05) is 0 Å². The molecule has 6 nitrogen and oxygen atoms in total. The molecule has 1 fully saturated rings. The summed E-state index contributed by atoms with van der Waals surface area (Å²) in [5.41, 5.74) is -0.795.